The molecule has 2 saturated carbocycles. The highest BCUT2D eigenvalue weighted by molar-refractivity contribution is 5.87. The second kappa shape index (κ2) is 6.37. The maximum Gasteiger partial charge on any atom is 0.329 e. The van der Waals surface area contributed by atoms with Gasteiger partial charge in [0.1, 0.15) is 5.54 Å². The Labute approximate surface area is 114 Å². The van der Waals surface area contributed by atoms with E-state index in [-0.39, 0.29) is 5.91 Å². The summed E-state index contributed by atoms with van der Waals surface area (Å²) in [6, 6.07) is 0.583. The molecule has 5 nitrogen and oxygen atoms in total. The Kier molecular flexibility index (Phi) is 4.80. The Balaban J connectivity index is 1.83. The van der Waals surface area contributed by atoms with Gasteiger partial charge in [0, 0.05) is 19.0 Å². The lowest BCUT2D eigenvalue weighted by Gasteiger charge is -2.29. The monoisotopic (exact) mass is 268 g/mol. The fraction of sp³-hybridized carbons (Fsp3) is 0.857. The van der Waals surface area contributed by atoms with Crippen molar-refractivity contribution in [2.75, 3.05) is 6.54 Å². The highest BCUT2D eigenvalue weighted by Crippen LogP contribution is 2.27. The van der Waals surface area contributed by atoms with Crippen molar-refractivity contribution in [1.82, 2.24) is 10.6 Å². The molecule has 108 valence electrons. The molecule has 2 rings (SSSR count). The van der Waals surface area contributed by atoms with Crippen LogP contribution in [-0.2, 0) is 9.59 Å². The van der Waals surface area contributed by atoms with Crippen LogP contribution >= 0.6 is 0 Å². The van der Waals surface area contributed by atoms with Crippen molar-refractivity contribution < 1.29 is 14.7 Å². The Hall–Kier alpha value is -1.10. The van der Waals surface area contributed by atoms with E-state index in [4.69, 9.17) is 0 Å². The molecule has 2 aliphatic carbocycles. The van der Waals surface area contributed by atoms with Crippen molar-refractivity contribution in [2.24, 2.45) is 0 Å². The molecule has 0 spiro atoms. The highest BCUT2D eigenvalue weighted by atomic mass is 16.4. The molecule has 0 radical (unpaired) electrons. The van der Waals surface area contributed by atoms with E-state index in [9.17, 15) is 14.7 Å². The quantitative estimate of drug-likeness (QED) is 0.637. The minimum Gasteiger partial charge on any atom is -0.480 e. The molecule has 2 aliphatic rings. The van der Waals surface area contributed by atoms with E-state index in [0.717, 1.165) is 25.7 Å². The molecule has 0 saturated heterocycles. The van der Waals surface area contributed by atoms with Crippen molar-refractivity contribution in [1.29, 1.82) is 0 Å². The molecule has 0 bridgehead atoms. The van der Waals surface area contributed by atoms with E-state index < -0.39 is 11.5 Å². The van der Waals surface area contributed by atoms with E-state index in [1.165, 1.54) is 12.8 Å². The van der Waals surface area contributed by atoms with Crippen LogP contribution in [0.3, 0.4) is 0 Å². The summed E-state index contributed by atoms with van der Waals surface area (Å²) in [5, 5.41) is 15.5. The van der Waals surface area contributed by atoms with Gasteiger partial charge in [0.05, 0.1) is 0 Å². The number of carboxylic acids is 1. The Bertz CT molecular complexity index is 332. The van der Waals surface area contributed by atoms with Gasteiger partial charge in [-0.15, -0.1) is 0 Å². The first-order valence-corrected chi connectivity index (χ1v) is 7.40. The van der Waals surface area contributed by atoms with Crippen LogP contribution in [0.4, 0.5) is 0 Å². The van der Waals surface area contributed by atoms with Crippen LogP contribution in [0.25, 0.3) is 0 Å². The van der Waals surface area contributed by atoms with Crippen LogP contribution in [-0.4, -0.2) is 35.1 Å². The number of amides is 1. The maximum absolute atomic E-state index is 11.9. The van der Waals surface area contributed by atoms with Crippen LogP contribution in [0.5, 0.6) is 0 Å². The van der Waals surface area contributed by atoms with Gasteiger partial charge in [0.25, 0.3) is 0 Å². The van der Waals surface area contributed by atoms with Crippen molar-refractivity contribution in [3.63, 3.8) is 0 Å². The van der Waals surface area contributed by atoms with Crippen LogP contribution in [0.1, 0.15) is 57.8 Å². The lowest BCUT2D eigenvalue weighted by Crippen LogP contribution is -2.54. The molecule has 0 aromatic rings. The molecule has 0 atom stereocenters. The van der Waals surface area contributed by atoms with Crippen molar-refractivity contribution in [2.45, 2.75) is 69.4 Å². The summed E-state index contributed by atoms with van der Waals surface area (Å²) in [4.78, 5) is 23.4. The summed E-state index contributed by atoms with van der Waals surface area (Å²) < 4.78 is 0. The molecular weight excluding hydrogens is 244 g/mol. The highest BCUT2D eigenvalue weighted by Gasteiger charge is 2.39. The summed E-state index contributed by atoms with van der Waals surface area (Å²) in [6.07, 6.45) is 7.77. The number of carbonyl (C=O) groups excluding carboxylic acids is 1. The molecule has 0 aromatic heterocycles. The maximum atomic E-state index is 11.9. The lowest BCUT2D eigenvalue weighted by molar-refractivity contribution is -0.148. The SMILES string of the molecule is O=C(CCNC1CC1)NC1(C(=O)O)CCCCCC1. The molecule has 0 aromatic carbocycles. The van der Waals surface area contributed by atoms with Crippen LogP contribution in [0.15, 0.2) is 0 Å². The zero-order chi connectivity index (χ0) is 13.7. The number of nitrogens with one attached hydrogen (secondary N) is 2. The van der Waals surface area contributed by atoms with E-state index in [0.29, 0.717) is 31.8 Å². The van der Waals surface area contributed by atoms with Crippen molar-refractivity contribution in [3.05, 3.63) is 0 Å². The Morgan fingerprint density at radius 3 is 2.26 bits per heavy atom. The van der Waals surface area contributed by atoms with E-state index in [1.54, 1.807) is 0 Å². The van der Waals surface area contributed by atoms with Gasteiger partial charge in [-0.3, -0.25) is 4.79 Å². The standard InChI is InChI=1S/C14H24N2O3/c17-12(7-10-15-11-5-6-11)16-14(13(18)19)8-3-1-2-4-9-14/h11,15H,1-10H2,(H,16,17)(H,18,19). The largest absolute Gasteiger partial charge is 0.480 e. The molecule has 3 N–H and O–H groups in total. The van der Waals surface area contributed by atoms with Crippen LogP contribution < -0.4 is 10.6 Å². The minimum absolute atomic E-state index is 0.141. The first-order valence-electron chi connectivity index (χ1n) is 7.40. The first kappa shape index (κ1) is 14.3. The van der Waals surface area contributed by atoms with Gasteiger partial charge in [-0.25, -0.2) is 4.79 Å². The van der Waals surface area contributed by atoms with Gasteiger partial charge < -0.3 is 15.7 Å². The number of carboxylic acid groups (broad SMARTS) is 1. The summed E-state index contributed by atoms with van der Waals surface area (Å²) in [6.45, 7) is 0.645. The van der Waals surface area contributed by atoms with Gasteiger partial charge in [0.15, 0.2) is 0 Å². The number of carbonyl (C=O) groups is 2. The third-order valence-electron chi connectivity index (χ3n) is 4.11. The number of aliphatic carboxylic acids is 1. The predicted octanol–water partition coefficient (Wildman–Crippen LogP) is 1.42. The Morgan fingerprint density at radius 2 is 1.74 bits per heavy atom. The lowest BCUT2D eigenvalue weighted by atomic mass is 9.90. The second-order valence-corrected chi connectivity index (χ2v) is 5.83. The fourth-order valence-corrected chi connectivity index (χ4v) is 2.73. The van der Waals surface area contributed by atoms with E-state index in [1.807, 2.05) is 0 Å². The van der Waals surface area contributed by atoms with Gasteiger partial charge in [-0.1, -0.05) is 25.7 Å². The molecule has 19 heavy (non-hydrogen) atoms. The minimum atomic E-state index is -1.02. The predicted molar refractivity (Wildman–Crippen MR) is 71.9 cm³/mol. The molecular formula is C14H24N2O3. The molecule has 5 heteroatoms. The smallest absolute Gasteiger partial charge is 0.329 e. The number of hydrogen-bond acceptors (Lipinski definition) is 3. The molecule has 1 amide bonds. The number of rotatable bonds is 6. The van der Waals surface area contributed by atoms with Crippen molar-refractivity contribution in [3.8, 4) is 0 Å². The van der Waals surface area contributed by atoms with Gasteiger partial charge >= 0.3 is 5.97 Å². The summed E-state index contributed by atoms with van der Waals surface area (Å²) >= 11 is 0. The molecule has 0 heterocycles. The topological polar surface area (TPSA) is 78.4 Å². The van der Waals surface area contributed by atoms with E-state index >= 15 is 0 Å². The number of hydrogen-bond donors (Lipinski definition) is 3. The normalized spacial score (nSPS) is 22.5. The van der Waals surface area contributed by atoms with Crippen LogP contribution in [0.2, 0.25) is 0 Å². The van der Waals surface area contributed by atoms with Gasteiger partial charge in [0.2, 0.25) is 5.91 Å². The third-order valence-corrected chi connectivity index (χ3v) is 4.11. The van der Waals surface area contributed by atoms with Gasteiger partial charge in [-0.05, 0) is 25.7 Å². The molecule has 2 fully saturated rings. The zero-order valence-corrected chi connectivity index (χ0v) is 11.4. The first-order chi connectivity index (χ1) is 9.12. The average Bonchev–Trinajstić information content (AvgIpc) is 3.16. The third kappa shape index (κ3) is 4.20. The fourth-order valence-electron chi connectivity index (χ4n) is 2.73. The zero-order valence-electron chi connectivity index (χ0n) is 11.4. The van der Waals surface area contributed by atoms with Crippen molar-refractivity contribution >= 4 is 11.9 Å². The summed E-state index contributed by atoms with van der Waals surface area (Å²) in [5.41, 5.74) is -1.02. The average molecular weight is 268 g/mol. The summed E-state index contributed by atoms with van der Waals surface area (Å²) in [5.74, 6) is -1.02. The molecule has 0 unspecified atom stereocenters. The summed E-state index contributed by atoms with van der Waals surface area (Å²) in [7, 11) is 0. The van der Waals surface area contributed by atoms with Gasteiger partial charge in [-0.2, -0.15) is 0 Å². The molecule has 0 aliphatic heterocycles. The van der Waals surface area contributed by atoms with Crippen LogP contribution in [0, 0.1) is 0 Å². The van der Waals surface area contributed by atoms with E-state index in [2.05, 4.69) is 10.6 Å². The Morgan fingerprint density at radius 1 is 1.11 bits per heavy atom. The second-order valence-electron chi connectivity index (χ2n) is 5.83.